The molecule has 88 valence electrons. The average molecular weight is 223 g/mol. The second kappa shape index (κ2) is 5.66. The van der Waals surface area contributed by atoms with Crippen LogP contribution in [0.2, 0.25) is 0 Å². The number of ether oxygens (including phenoxy) is 1. The van der Waals surface area contributed by atoms with Crippen LogP contribution in [0, 0.1) is 12.7 Å². The van der Waals surface area contributed by atoms with Crippen molar-refractivity contribution in [2.45, 2.75) is 19.9 Å². The lowest BCUT2D eigenvalue weighted by atomic mass is 10.1. The first-order valence-corrected chi connectivity index (χ1v) is 5.26. The fourth-order valence-electron chi connectivity index (χ4n) is 1.57. The molecule has 0 fully saturated rings. The summed E-state index contributed by atoms with van der Waals surface area (Å²) < 4.78 is 18.5. The minimum Gasteiger partial charge on any atom is -0.383 e. The number of aryl methyl sites for hydroxylation is 1. The third-order valence-electron chi connectivity index (χ3n) is 2.38. The second-order valence-corrected chi connectivity index (χ2v) is 3.89. The molecule has 2 nitrogen and oxygen atoms in total. The Hall–Kier alpha value is -1.35. The molecule has 16 heavy (non-hydrogen) atoms. The fraction of sp³-hybridized carbons (Fsp3) is 0.385. The Labute approximate surface area is 96.1 Å². The molecular formula is C13H18FNO. The Morgan fingerprint density at radius 2 is 2.25 bits per heavy atom. The van der Waals surface area contributed by atoms with E-state index in [1.807, 2.05) is 13.8 Å². The van der Waals surface area contributed by atoms with Crippen molar-refractivity contribution in [3.8, 4) is 0 Å². The SMILES string of the molecule is C=Cc1cc(C)c(N[C@@H](C)COC)cc1F. The zero-order valence-corrected chi connectivity index (χ0v) is 10.0. The third-order valence-corrected chi connectivity index (χ3v) is 2.38. The van der Waals surface area contributed by atoms with Crippen molar-refractivity contribution in [3.63, 3.8) is 0 Å². The molecule has 0 aliphatic carbocycles. The van der Waals surface area contributed by atoms with Gasteiger partial charge in [-0.05, 0) is 31.5 Å². The van der Waals surface area contributed by atoms with Crippen molar-refractivity contribution < 1.29 is 9.13 Å². The van der Waals surface area contributed by atoms with E-state index in [0.717, 1.165) is 11.3 Å². The van der Waals surface area contributed by atoms with Crippen molar-refractivity contribution >= 4 is 11.8 Å². The van der Waals surface area contributed by atoms with Crippen LogP contribution in [-0.4, -0.2) is 19.8 Å². The van der Waals surface area contributed by atoms with Crippen LogP contribution in [0.25, 0.3) is 6.08 Å². The maximum Gasteiger partial charge on any atom is 0.132 e. The topological polar surface area (TPSA) is 21.3 Å². The molecule has 3 heteroatoms. The number of anilines is 1. The number of nitrogens with one attached hydrogen (secondary N) is 1. The minimum absolute atomic E-state index is 0.151. The number of benzene rings is 1. The molecule has 0 saturated heterocycles. The standard InChI is InChI=1S/C13H18FNO/c1-5-11-6-9(2)13(7-12(11)14)15-10(3)8-16-4/h5-7,10,15H,1,8H2,2-4H3/t10-/m0/s1. The highest BCUT2D eigenvalue weighted by molar-refractivity contribution is 5.59. The van der Waals surface area contributed by atoms with Gasteiger partial charge in [0, 0.05) is 24.4 Å². The van der Waals surface area contributed by atoms with Gasteiger partial charge in [0.1, 0.15) is 5.82 Å². The van der Waals surface area contributed by atoms with E-state index in [1.165, 1.54) is 12.1 Å². The van der Waals surface area contributed by atoms with Crippen molar-refractivity contribution in [1.29, 1.82) is 0 Å². The summed E-state index contributed by atoms with van der Waals surface area (Å²) in [5.41, 5.74) is 2.33. The quantitative estimate of drug-likeness (QED) is 0.827. The van der Waals surface area contributed by atoms with E-state index < -0.39 is 0 Å². The van der Waals surface area contributed by atoms with Crippen molar-refractivity contribution in [2.24, 2.45) is 0 Å². The summed E-state index contributed by atoms with van der Waals surface area (Å²) in [6, 6.07) is 3.43. The highest BCUT2D eigenvalue weighted by Gasteiger charge is 2.07. The maximum atomic E-state index is 13.5. The molecule has 0 heterocycles. The van der Waals surface area contributed by atoms with E-state index in [9.17, 15) is 4.39 Å². The van der Waals surface area contributed by atoms with Crippen LogP contribution in [-0.2, 0) is 4.74 Å². The van der Waals surface area contributed by atoms with E-state index in [4.69, 9.17) is 4.74 Å². The van der Waals surface area contributed by atoms with E-state index in [-0.39, 0.29) is 11.9 Å². The Bertz CT molecular complexity index is 376. The lowest BCUT2D eigenvalue weighted by Crippen LogP contribution is -2.21. The van der Waals surface area contributed by atoms with Gasteiger partial charge in [-0.25, -0.2) is 4.39 Å². The van der Waals surface area contributed by atoms with Gasteiger partial charge in [0.25, 0.3) is 0 Å². The van der Waals surface area contributed by atoms with Gasteiger partial charge < -0.3 is 10.1 Å². The molecule has 0 radical (unpaired) electrons. The summed E-state index contributed by atoms with van der Waals surface area (Å²) in [7, 11) is 1.65. The molecule has 0 amide bonds. The zero-order valence-electron chi connectivity index (χ0n) is 10.0. The molecule has 0 bridgehead atoms. The van der Waals surface area contributed by atoms with E-state index in [1.54, 1.807) is 13.2 Å². The molecule has 0 saturated carbocycles. The number of methoxy groups -OCH3 is 1. The molecule has 1 aromatic carbocycles. The number of rotatable bonds is 5. The van der Waals surface area contributed by atoms with Crippen LogP contribution in [0.3, 0.4) is 0 Å². The summed E-state index contributed by atoms with van der Waals surface area (Å²) in [5.74, 6) is -0.257. The van der Waals surface area contributed by atoms with Crippen LogP contribution in [0.15, 0.2) is 18.7 Å². The minimum atomic E-state index is -0.257. The molecule has 0 aliphatic heterocycles. The molecule has 0 unspecified atom stereocenters. The molecular weight excluding hydrogens is 205 g/mol. The number of hydrogen-bond acceptors (Lipinski definition) is 2. The zero-order chi connectivity index (χ0) is 12.1. The lowest BCUT2D eigenvalue weighted by molar-refractivity contribution is 0.190. The van der Waals surface area contributed by atoms with Gasteiger partial charge in [-0.1, -0.05) is 12.7 Å². The Morgan fingerprint density at radius 1 is 1.56 bits per heavy atom. The first kappa shape index (κ1) is 12.7. The van der Waals surface area contributed by atoms with E-state index in [2.05, 4.69) is 11.9 Å². The molecule has 0 spiro atoms. The lowest BCUT2D eigenvalue weighted by Gasteiger charge is -2.16. The smallest absolute Gasteiger partial charge is 0.132 e. The van der Waals surface area contributed by atoms with Gasteiger partial charge in [-0.2, -0.15) is 0 Å². The van der Waals surface area contributed by atoms with Crippen LogP contribution in [0.5, 0.6) is 0 Å². The first-order chi connectivity index (χ1) is 7.58. The third kappa shape index (κ3) is 3.07. The van der Waals surface area contributed by atoms with Gasteiger partial charge in [0.2, 0.25) is 0 Å². The molecule has 1 atom stereocenters. The molecule has 0 aromatic heterocycles. The molecule has 0 aliphatic rings. The Morgan fingerprint density at radius 3 is 2.81 bits per heavy atom. The first-order valence-electron chi connectivity index (χ1n) is 5.26. The van der Waals surface area contributed by atoms with Gasteiger partial charge >= 0.3 is 0 Å². The van der Waals surface area contributed by atoms with Crippen molar-refractivity contribution in [2.75, 3.05) is 19.0 Å². The number of halogens is 1. The fourth-order valence-corrected chi connectivity index (χ4v) is 1.57. The normalized spacial score (nSPS) is 12.2. The summed E-state index contributed by atoms with van der Waals surface area (Å²) in [5, 5.41) is 3.20. The van der Waals surface area contributed by atoms with Crippen LogP contribution in [0.1, 0.15) is 18.1 Å². The van der Waals surface area contributed by atoms with Crippen molar-refractivity contribution in [1.82, 2.24) is 0 Å². The molecule has 1 aromatic rings. The predicted molar refractivity (Wildman–Crippen MR) is 66.2 cm³/mol. The highest BCUT2D eigenvalue weighted by atomic mass is 19.1. The molecule has 1 rings (SSSR count). The van der Waals surface area contributed by atoms with Crippen LogP contribution in [0.4, 0.5) is 10.1 Å². The van der Waals surface area contributed by atoms with Gasteiger partial charge in [-0.3, -0.25) is 0 Å². The van der Waals surface area contributed by atoms with Crippen LogP contribution >= 0.6 is 0 Å². The maximum absolute atomic E-state index is 13.5. The predicted octanol–water partition coefficient (Wildman–Crippen LogP) is 3.22. The monoisotopic (exact) mass is 223 g/mol. The van der Waals surface area contributed by atoms with E-state index in [0.29, 0.717) is 12.2 Å². The number of hydrogen-bond donors (Lipinski definition) is 1. The summed E-state index contributed by atoms with van der Waals surface area (Å²) >= 11 is 0. The van der Waals surface area contributed by atoms with Gasteiger partial charge in [0.05, 0.1) is 6.61 Å². The Balaban J connectivity index is 2.89. The summed E-state index contributed by atoms with van der Waals surface area (Å²) in [6.45, 7) is 8.09. The van der Waals surface area contributed by atoms with Crippen molar-refractivity contribution in [3.05, 3.63) is 35.7 Å². The Kier molecular flexibility index (Phi) is 4.50. The summed E-state index contributed by atoms with van der Waals surface area (Å²) in [6.07, 6.45) is 1.52. The van der Waals surface area contributed by atoms with E-state index >= 15 is 0 Å². The largest absolute Gasteiger partial charge is 0.383 e. The van der Waals surface area contributed by atoms with Crippen LogP contribution < -0.4 is 5.32 Å². The van der Waals surface area contributed by atoms with Gasteiger partial charge in [0.15, 0.2) is 0 Å². The summed E-state index contributed by atoms with van der Waals surface area (Å²) in [4.78, 5) is 0. The highest BCUT2D eigenvalue weighted by Crippen LogP contribution is 2.21. The van der Waals surface area contributed by atoms with Gasteiger partial charge in [-0.15, -0.1) is 0 Å². The average Bonchev–Trinajstić information content (AvgIpc) is 2.23. The molecule has 1 N–H and O–H groups in total. The second-order valence-electron chi connectivity index (χ2n) is 3.89.